The number of nitrogens with zero attached hydrogens (tertiary/aromatic N) is 2. The number of amides is 1. The number of likely N-dealkylation sites (tertiary alicyclic amines) is 1. The van der Waals surface area contributed by atoms with E-state index in [2.05, 4.69) is 6.92 Å². The van der Waals surface area contributed by atoms with Gasteiger partial charge in [0, 0.05) is 19.1 Å². The monoisotopic (exact) mass is 304 g/mol. The van der Waals surface area contributed by atoms with Crippen molar-refractivity contribution in [3.05, 3.63) is 0 Å². The van der Waals surface area contributed by atoms with Gasteiger partial charge in [-0.25, -0.2) is 8.42 Å². The minimum atomic E-state index is -2.97. The van der Waals surface area contributed by atoms with Crippen LogP contribution >= 0.6 is 0 Å². The SMILES string of the molecule is CC1CCN(CC(=O)N(C)C2CCS(=O)(=O)C2)C1CO. The highest BCUT2D eigenvalue weighted by Crippen LogP contribution is 2.24. The van der Waals surface area contributed by atoms with Crippen molar-refractivity contribution in [1.29, 1.82) is 0 Å². The van der Waals surface area contributed by atoms with Gasteiger partial charge in [-0.15, -0.1) is 0 Å². The molecule has 0 radical (unpaired) electrons. The van der Waals surface area contributed by atoms with Crippen LogP contribution in [0.4, 0.5) is 0 Å². The molecule has 2 fully saturated rings. The zero-order chi connectivity index (χ0) is 14.9. The Morgan fingerprint density at radius 3 is 2.65 bits per heavy atom. The normalized spacial score (nSPS) is 33.5. The molecule has 3 unspecified atom stereocenters. The second-order valence-electron chi connectivity index (χ2n) is 6.05. The molecule has 6 nitrogen and oxygen atoms in total. The second kappa shape index (κ2) is 5.99. The third-order valence-electron chi connectivity index (χ3n) is 4.67. The molecule has 0 aromatic carbocycles. The van der Waals surface area contributed by atoms with E-state index in [4.69, 9.17) is 0 Å². The van der Waals surface area contributed by atoms with Gasteiger partial charge in [-0.2, -0.15) is 0 Å². The molecule has 20 heavy (non-hydrogen) atoms. The Balaban J connectivity index is 1.92. The van der Waals surface area contributed by atoms with Gasteiger partial charge in [0.15, 0.2) is 9.84 Å². The van der Waals surface area contributed by atoms with Crippen LogP contribution in [0.1, 0.15) is 19.8 Å². The number of aliphatic hydroxyl groups excluding tert-OH is 1. The predicted octanol–water partition coefficient (Wildman–Crippen LogP) is -0.665. The number of aliphatic hydroxyl groups is 1. The molecule has 0 aliphatic carbocycles. The molecule has 0 aromatic rings. The molecule has 0 aromatic heterocycles. The van der Waals surface area contributed by atoms with Crippen molar-refractivity contribution in [2.75, 3.05) is 38.2 Å². The molecule has 1 amide bonds. The topological polar surface area (TPSA) is 77.9 Å². The van der Waals surface area contributed by atoms with Crippen molar-refractivity contribution in [3.63, 3.8) is 0 Å². The minimum absolute atomic E-state index is 0.0414. The van der Waals surface area contributed by atoms with Crippen LogP contribution in [0.5, 0.6) is 0 Å². The van der Waals surface area contributed by atoms with Gasteiger partial charge in [0.2, 0.25) is 5.91 Å². The van der Waals surface area contributed by atoms with Crippen LogP contribution in [0.2, 0.25) is 0 Å². The van der Waals surface area contributed by atoms with Crippen molar-refractivity contribution in [2.45, 2.75) is 31.8 Å². The quantitative estimate of drug-likeness (QED) is 0.746. The van der Waals surface area contributed by atoms with E-state index in [9.17, 15) is 18.3 Å². The Hall–Kier alpha value is -0.660. The number of hydrogen-bond donors (Lipinski definition) is 1. The van der Waals surface area contributed by atoms with Gasteiger partial charge in [0.1, 0.15) is 0 Å². The van der Waals surface area contributed by atoms with E-state index in [-0.39, 0.29) is 42.6 Å². The van der Waals surface area contributed by atoms with E-state index < -0.39 is 9.84 Å². The average molecular weight is 304 g/mol. The number of hydrogen-bond acceptors (Lipinski definition) is 5. The van der Waals surface area contributed by atoms with Crippen LogP contribution in [-0.2, 0) is 14.6 Å². The summed E-state index contributed by atoms with van der Waals surface area (Å²) in [4.78, 5) is 15.9. The zero-order valence-electron chi connectivity index (χ0n) is 12.2. The molecule has 3 atom stereocenters. The first kappa shape index (κ1) is 15.7. The van der Waals surface area contributed by atoms with Gasteiger partial charge in [-0.1, -0.05) is 6.92 Å². The van der Waals surface area contributed by atoms with Crippen LogP contribution in [0.25, 0.3) is 0 Å². The standard InChI is InChI=1S/C13H24N2O4S/c1-10-3-5-15(12(10)8-16)7-13(17)14(2)11-4-6-20(18,19)9-11/h10-12,16H,3-9H2,1-2H3. The highest BCUT2D eigenvalue weighted by atomic mass is 32.2. The van der Waals surface area contributed by atoms with Gasteiger partial charge >= 0.3 is 0 Å². The Morgan fingerprint density at radius 1 is 1.40 bits per heavy atom. The fourth-order valence-electron chi connectivity index (χ4n) is 3.15. The minimum Gasteiger partial charge on any atom is -0.395 e. The number of sulfone groups is 1. The molecule has 116 valence electrons. The van der Waals surface area contributed by atoms with Crippen molar-refractivity contribution in [1.82, 2.24) is 9.80 Å². The largest absolute Gasteiger partial charge is 0.395 e. The molecule has 2 rings (SSSR count). The van der Waals surface area contributed by atoms with Gasteiger partial charge in [-0.3, -0.25) is 9.69 Å². The summed E-state index contributed by atoms with van der Waals surface area (Å²) in [7, 11) is -1.29. The Morgan fingerprint density at radius 2 is 2.10 bits per heavy atom. The van der Waals surface area contributed by atoms with Crippen LogP contribution < -0.4 is 0 Å². The van der Waals surface area contributed by atoms with Crippen LogP contribution in [-0.4, -0.2) is 79.6 Å². The number of likely N-dealkylation sites (N-methyl/N-ethyl adjacent to an activating group) is 1. The van der Waals surface area contributed by atoms with E-state index in [1.54, 1.807) is 11.9 Å². The molecule has 2 saturated heterocycles. The van der Waals surface area contributed by atoms with E-state index in [0.29, 0.717) is 12.3 Å². The third kappa shape index (κ3) is 3.32. The first-order valence-electron chi connectivity index (χ1n) is 7.15. The summed E-state index contributed by atoms with van der Waals surface area (Å²) in [6.45, 7) is 3.23. The molecular formula is C13H24N2O4S. The van der Waals surface area contributed by atoms with Gasteiger partial charge in [-0.05, 0) is 25.3 Å². The third-order valence-corrected chi connectivity index (χ3v) is 6.42. The first-order valence-corrected chi connectivity index (χ1v) is 8.97. The summed E-state index contributed by atoms with van der Waals surface area (Å²) >= 11 is 0. The molecule has 0 saturated carbocycles. The van der Waals surface area contributed by atoms with Crippen molar-refractivity contribution in [3.8, 4) is 0 Å². The van der Waals surface area contributed by atoms with Crippen LogP contribution in [0.15, 0.2) is 0 Å². The molecule has 1 N–H and O–H groups in total. The lowest BCUT2D eigenvalue weighted by Gasteiger charge is -2.29. The van der Waals surface area contributed by atoms with Gasteiger partial charge < -0.3 is 10.0 Å². The number of rotatable bonds is 4. The lowest BCUT2D eigenvalue weighted by Crippen LogP contribution is -2.46. The van der Waals surface area contributed by atoms with E-state index >= 15 is 0 Å². The highest BCUT2D eigenvalue weighted by Gasteiger charge is 2.36. The Labute approximate surface area is 120 Å². The van der Waals surface area contributed by atoms with E-state index in [1.807, 2.05) is 4.90 Å². The maximum atomic E-state index is 12.3. The summed E-state index contributed by atoms with van der Waals surface area (Å²) in [6.07, 6.45) is 1.52. The maximum absolute atomic E-state index is 12.3. The van der Waals surface area contributed by atoms with Gasteiger partial charge in [0.05, 0.1) is 24.7 Å². The van der Waals surface area contributed by atoms with Crippen molar-refractivity contribution in [2.24, 2.45) is 5.92 Å². The predicted molar refractivity (Wildman–Crippen MR) is 76.1 cm³/mol. The molecule has 2 heterocycles. The lowest BCUT2D eigenvalue weighted by molar-refractivity contribution is -0.133. The first-order chi connectivity index (χ1) is 9.34. The molecule has 2 aliphatic heterocycles. The Kier molecular flexibility index (Phi) is 4.71. The average Bonchev–Trinajstić information content (AvgIpc) is 2.91. The summed E-state index contributed by atoms with van der Waals surface area (Å²) in [5, 5.41) is 9.39. The summed E-state index contributed by atoms with van der Waals surface area (Å²) in [5.41, 5.74) is 0. The summed E-state index contributed by atoms with van der Waals surface area (Å²) in [5.74, 6) is 0.592. The fraction of sp³-hybridized carbons (Fsp3) is 0.923. The number of carbonyl (C=O) groups excluding carboxylic acids is 1. The molecule has 7 heteroatoms. The van der Waals surface area contributed by atoms with Crippen molar-refractivity contribution < 1.29 is 18.3 Å². The molecule has 0 bridgehead atoms. The molecular weight excluding hydrogens is 280 g/mol. The summed E-state index contributed by atoms with van der Waals surface area (Å²) in [6, 6.07) is -0.153. The highest BCUT2D eigenvalue weighted by molar-refractivity contribution is 7.91. The maximum Gasteiger partial charge on any atom is 0.236 e. The molecule has 2 aliphatic rings. The number of carbonyl (C=O) groups is 1. The summed E-state index contributed by atoms with van der Waals surface area (Å²) < 4.78 is 22.9. The van der Waals surface area contributed by atoms with Crippen LogP contribution in [0.3, 0.4) is 0 Å². The van der Waals surface area contributed by atoms with Crippen LogP contribution in [0, 0.1) is 5.92 Å². The fourth-order valence-corrected chi connectivity index (χ4v) is 4.92. The Bertz CT molecular complexity index is 465. The van der Waals surface area contributed by atoms with Gasteiger partial charge in [0.25, 0.3) is 0 Å². The second-order valence-corrected chi connectivity index (χ2v) is 8.28. The lowest BCUT2D eigenvalue weighted by atomic mass is 10.0. The van der Waals surface area contributed by atoms with E-state index in [1.165, 1.54) is 0 Å². The van der Waals surface area contributed by atoms with E-state index in [0.717, 1.165) is 13.0 Å². The zero-order valence-corrected chi connectivity index (χ0v) is 13.0. The van der Waals surface area contributed by atoms with Crippen molar-refractivity contribution >= 4 is 15.7 Å². The molecule has 0 spiro atoms. The smallest absolute Gasteiger partial charge is 0.236 e.